The summed E-state index contributed by atoms with van der Waals surface area (Å²) < 4.78 is 1.49. The van der Waals surface area contributed by atoms with Crippen LogP contribution in [0.1, 0.15) is 23.4 Å². The molecule has 138 valence electrons. The van der Waals surface area contributed by atoms with Gasteiger partial charge in [0.2, 0.25) is 11.7 Å². The van der Waals surface area contributed by atoms with Crippen LogP contribution in [0.5, 0.6) is 0 Å². The molecule has 0 radical (unpaired) electrons. The minimum atomic E-state index is -0.544. The molecule has 0 aliphatic rings. The normalized spacial score (nSPS) is 10.5. The summed E-state index contributed by atoms with van der Waals surface area (Å²) >= 11 is 12.2. The lowest BCUT2D eigenvalue weighted by atomic mass is 10.2. The second-order valence-electron chi connectivity index (χ2n) is 5.67. The number of nitrogens with zero attached hydrogens (tertiary/aromatic N) is 3. The minimum Gasteiger partial charge on any atom is -0.325 e. The summed E-state index contributed by atoms with van der Waals surface area (Å²) in [7, 11) is 0. The van der Waals surface area contributed by atoms with E-state index < -0.39 is 5.91 Å². The molecule has 0 fully saturated rings. The van der Waals surface area contributed by atoms with Crippen LogP contribution in [0.3, 0.4) is 0 Å². The Morgan fingerprint density at radius 2 is 1.78 bits per heavy atom. The van der Waals surface area contributed by atoms with Crippen LogP contribution in [0.15, 0.2) is 42.5 Å². The summed E-state index contributed by atoms with van der Waals surface area (Å²) in [6, 6.07) is 11.9. The topological polar surface area (TPSA) is 88.9 Å². The van der Waals surface area contributed by atoms with E-state index in [0.717, 1.165) is 0 Å². The van der Waals surface area contributed by atoms with Crippen molar-refractivity contribution in [3.05, 3.63) is 64.2 Å². The molecule has 27 heavy (non-hydrogen) atoms. The van der Waals surface area contributed by atoms with E-state index in [1.165, 1.54) is 17.7 Å². The molecular formula is C18H15Cl2N5O2. The number of amides is 2. The van der Waals surface area contributed by atoms with Crippen molar-refractivity contribution in [2.45, 2.75) is 13.8 Å². The number of aromatic nitrogens is 3. The third-order valence-electron chi connectivity index (χ3n) is 3.59. The van der Waals surface area contributed by atoms with Crippen molar-refractivity contribution >= 4 is 46.4 Å². The van der Waals surface area contributed by atoms with E-state index in [-0.39, 0.29) is 11.7 Å². The molecule has 1 aromatic heterocycles. The van der Waals surface area contributed by atoms with Crippen molar-refractivity contribution in [3.8, 4) is 5.69 Å². The predicted molar refractivity (Wildman–Crippen MR) is 105 cm³/mol. The molecule has 0 saturated carbocycles. The Kier molecular flexibility index (Phi) is 5.43. The van der Waals surface area contributed by atoms with Crippen molar-refractivity contribution in [1.29, 1.82) is 0 Å². The van der Waals surface area contributed by atoms with Gasteiger partial charge in [0.15, 0.2) is 0 Å². The maximum Gasteiger partial charge on any atom is 0.295 e. The molecule has 0 aliphatic carbocycles. The first-order chi connectivity index (χ1) is 12.8. The van der Waals surface area contributed by atoms with Crippen LogP contribution < -0.4 is 10.6 Å². The molecule has 2 amide bonds. The van der Waals surface area contributed by atoms with Crippen LogP contribution in [-0.2, 0) is 4.79 Å². The summed E-state index contributed by atoms with van der Waals surface area (Å²) in [5.41, 5.74) is 1.38. The number of benzene rings is 2. The lowest BCUT2D eigenvalue weighted by Crippen LogP contribution is -2.16. The molecule has 0 atom stereocenters. The van der Waals surface area contributed by atoms with Gasteiger partial charge in [-0.15, -0.1) is 5.10 Å². The second-order valence-corrected chi connectivity index (χ2v) is 6.51. The first-order valence-corrected chi connectivity index (χ1v) is 8.68. The fourth-order valence-electron chi connectivity index (χ4n) is 2.43. The molecule has 0 bridgehead atoms. The van der Waals surface area contributed by atoms with Crippen molar-refractivity contribution < 1.29 is 9.59 Å². The van der Waals surface area contributed by atoms with Gasteiger partial charge in [-0.3, -0.25) is 9.59 Å². The molecule has 1 heterocycles. The van der Waals surface area contributed by atoms with E-state index >= 15 is 0 Å². The average molecular weight is 404 g/mol. The van der Waals surface area contributed by atoms with E-state index in [9.17, 15) is 9.59 Å². The number of para-hydroxylation sites is 1. The second kappa shape index (κ2) is 7.77. The van der Waals surface area contributed by atoms with Gasteiger partial charge in [-0.25, -0.2) is 9.67 Å². The molecule has 0 aliphatic heterocycles. The lowest BCUT2D eigenvalue weighted by Gasteiger charge is -2.10. The molecule has 0 unspecified atom stereocenters. The zero-order valence-electron chi connectivity index (χ0n) is 14.5. The van der Waals surface area contributed by atoms with E-state index in [4.69, 9.17) is 23.2 Å². The number of carbonyl (C=O) groups excluding carboxylic acids is 2. The molecule has 9 heteroatoms. The molecule has 3 rings (SSSR count). The van der Waals surface area contributed by atoms with Gasteiger partial charge in [-0.2, -0.15) is 0 Å². The number of nitrogens with one attached hydrogen (secondary N) is 2. The van der Waals surface area contributed by atoms with E-state index in [1.54, 1.807) is 37.3 Å². The van der Waals surface area contributed by atoms with Gasteiger partial charge in [0.1, 0.15) is 5.82 Å². The Morgan fingerprint density at radius 3 is 2.48 bits per heavy atom. The average Bonchev–Trinajstić information content (AvgIpc) is 2.99. The zero-order chi connectivity index (χ0) is 19.6. The third-order valence-corrected chi connectivity index (χ3v) is 4.15. The van der Waals surface area contributed by atoms with Crippen molar-refractivity contribution in [1.82, 2.24) is 14.8 Å². The molecule has 2 aromatic carbocycles. The van der Waals surface area contributed by atoms with Crippen LogP contribution in [0.4, 0.5) is 11.4 Å². The van der Waals surface area contributed by atoms with Gasteiger partial charge < -0.3 is 10.6 Å². The van der Waals surface area contributed by atoms with Crippen LogP contribution in [-0.4, -0.2) is 26.6 Å². The Labute approximate surface area is 165 Å². The summed E-state index contributed by atoms with van der Waals surface area (Å²) in [4.78, 5) is 28.2. The maximum atomic E-state index is 12.6. The highest BCUT2D eigenvalue weighted by Gasteiger charge is 2.18. The van der Waals surface area contributed by atoms with E-state index in [1.807, 2.05) is 6.07 Å². The van der Waals surface area contributed by atoms with Gasteiger partial charge in [-0.05, 0) is 37.3 Å². The predicted octanol–water partition coefficient (Wildman–Crippen LogP) is 4.09. The highest BCUT2D eigenvalue weighted by atomic mass is 35.5. The zero-order valence-corrected chi connectivity index (χ0v) is 16.0. The van der Waals surface area contributed by atoms with Crippen LogP contribution in [0.2, 0.25) is 10.0 Å². The largest absolute Gasteiger partial charge is 0.325 e. The summed E-state index contributed by atoms with van der Waals surface area (Å²) in [6.45, 7) is 3.09. The summed E-state index contributed by atoms with van der Waals surface area (Å²) in [5.74, 6) is -0.356. The van der Waals surface area contributed by atoms with E-state index in [0.29, 0.717) is 32.9 Å². The third kappa shape index (κ3) is 4.27. The molecular weight excluding hydrogens is 389 g/mol. The first kappa shape index (κ1) is 18.9. The van der Waals surface area contributed by atoms with Gasteiger partial charge >= 0.3 is 0 Å². The molecule has 7 nitrogen and oxygen atoms in total. The Hall–Kier alpha value is -2.90. The van der Waals surface area contributed by atoms with Gasteiger partial charge in [-0.1, -0.05) is 35.3 Å². The number of hydrogen-bond donors (Lipinski definition) is 2. The fraction of sp³-hybridized carbons (Fsp3) is 0.111. The van der Waals surface area contributed by atoms with Gasteiger partial charge in [0.25, 0.3) is 5.91 Å². The summed E-state index contributed by atoms with van der Waals surface area (Å²) in [5, 5.41) is 10.4. The number of halogens is 2. The van der Waals surface area contributed by atoms with E-state index in [2.05, 4.69) is 20.7 Å². The standard InChI is InChI=1S/C18H15Cl2N5O2/c1-10-21-17(24-25(10)16-6-4-3-5-13(16)20)18(27)23-15-9-12(19)7-8-14(15)22-11(2)26/h3-9H,1-2H3,(H,22,26)(H,23,27). The number of rotatable bonds is 4. The lowest BCUT2D eigenvalue weighted by molar-refractivity contribution is -0.114. The number of hydrogen-bond acceptors (Lipinski definition) is 4. The monoisotopic (exact) mass is 403 g/mol. The van der Waals surface area contributed by atoms with Crippen LogP contribution in [0.25, 0.3) is 5.69 Å². The molecule has 2 N–H and O–H groups in total. The van der Waals surface area contributed by atoms with Crippen LogP contribution >= 0.6 is 23.2 Å². The summed E-state index contributed by atoms with van der Waals surface area (Å²) in [6.07, 6.45) is 0. The number of carbonyl (C=O) groups is 2. The maximum absolute atomic E-state index is 12.6. The number of aryl methyl sites for hydroxylation is 1. The Morgan fingerprint density at radius 1 is 1.04 bits per heavy atom. The molecule has 0 spiro atoms. The fourth-order valence-corrected chi connectivity index (χ4v) is 2.82. The van der Waals surface area contributed by atoms with Crippen molar-refractivity contribution in [2.24, 2.45) is 0 Å². The highest BCUT2D eigenvalue weighted by Crippen LogP contribution is 2.26. The first-order valence-electron chi connectivity index (χ1n) is 7.92. The Balaban J connectivity index is 1.90. The molecule has 0 saturated heterocycles. The quantitative estimate of drug-likeness (QED) is 0.686. The minimum absolute atomic E-state index is 0.0406. The van der Waals surface area contributed by atoms with Crippen LogP contribution in [0, 0.1) is 6.92 Å². The highest BCUT2D eigenvalue weighted by molar-refractivity contribution is 6.32. The smallest absolute Gasteiger partial charge is 0.295 e. The SMILES string of the molecule is CC(=O)Nc1ccc(Cl)cc1NC(=O)c1nc(C)n(-c2ccccc2Cl)n1. The van der Waals surface area contributed by atoms with Gasteiger partial charge in [0.05, 0.1) is 22.1 Å². The molecule has 3 aromatic rings. The van der Waals surface area contributed by atoms with Crippen molar-refractivity contribution in [2.75, 3.05) is 10.6 Å². The Bertz CT molecular complexity index is 1030. The van der Waals surface area contributed by atoms with Crippen molar-refractivity contribution in [3.63, 3.8) is 0 Å². The number of anilines is 2. The van der Waals surface area contributed by atoms with Gasteiger partial charge in [0, 0.05) is 11.9 Å².